The summed E-state index contributed by atoms with van der Waals surface area (Å²) in [6.45, 7) is 9.99. The average Bonchev–Trinajstić information content (AvgIpc) is 2.44. The zero-order chi connectivity index (χ0) is 15.9. The maximum absolute atomic E-state index is 14.6. The molecule has 0 aliphatic rings. The third-order valence-electron chi connectivity index (χ3n) is 4.50. The molecule has 0 bridgehead atoms. The van der Waals surface area contributed by atoms with Crippen LogP contribution in [0.2, 0.25) is 0 Å². The fraction of sp³-hybridized carbons (Fsp3) is 0.278. The number of halogens is 1. The Bertz CT molecular complexity index is 716. The molecule has 2 aromatic carbocycles. The molecule has 3 heteroatoms. The summed E-state index contributed by atoms with van der Waals surface area (Å²) in [5, 5.41) is 9.09. The molecule has 0 aliphatic heterocycles. The largest absolute Gasteiger partial charge is 0.478 e. The highest BCUT2D eigenvalue weighted by molar-refractivity contribution is 5.90. The van der Waals surface area contributed by atoms with Crippen molar-refractivity contribution < 1.29 is 14.3 Å². The molecule has 0 heterocycles. The minimum atomic E-state index is -1.25. The van der Waals surface area contributed by atoms with Crippen LogP contribution in [0.4, 0.5) is 4.39 Å². The maximum atomic E-state index is 14.6. The highest BCUT2D eigenvalue weighted by Gasteiger charge is 2.20. The van der Waals surface area contributed by atoms with Gasteiger partial charge >= 0.3 is 5.97 Å². The Morgan fingerprint density at radius 1 is 0.905 bits per heavy atom. The maximum Gasteiger partial charge on any atom is 0.338 e. The van der Waals surface area contributed by atoms with Crippen LogP contribution in [0, 0.1) is 40.4 Å². The van der Waals surface area contributed by atoms with Crippen molar-refractivity contribution in [1.82, 2.24) is 0 Å². The molecule has 0 unspecified atom stereocenters. The van der Waals surface area contributed by atoms with E-state index >= 15 is 0 Å². The van der Waals surface area contributed by atoms with Gasteiger partial charge in [-0.2, -0.15) is 0 Å². The summed E-state index contributed by atoms with van der Waals surface area (Å²) in [5.74, 6) is -1.91. The number of benzene rings is 2. The third-order valence-corrected chi connectivity index (χ3v) is 4.50. The van der Waals surface area contributed by atoms with Crippen molar-refractivity contribution in [3.63, 3.8) is 0 Å². The third kappa shape index (κ3) is 2.33. The topological polar surface area (TPSA) is 37.3 Å². The first kappa shape index (κ1) is 15.2. The van der Waals surface area contributed by atoms with E-state index in [9.17, 15) is 9.18 Å². The second-order valence-corrected chi connectivity index (χ2v) is 5.47. The Morgan fingerprint density at radius 3 is 1.86 bits per heavy atom. The second-order valence-electron chi connectivity index (χ2n) is 5.47. The first-order valence-corrected chi connectivity index (χ1v) is 6.86. The van der Waals surface area contributed by atoms with Crippen LogP contribution in [0.1, 0.15) is 38.2 Å². The van der Waals surface area contributed by atoms with Crippen molar-refractivity contribution in [3.8, 4) is 11.1 Å². The first-order valence-electron chi connectivity index (χ1n) is 6.86. The van der Waals surface area contributed by atoms with Gasteiger partial charge in [0.25, 0.3) is 0 Å². The molecule has 110 valence electrons. The molecule has 0 saturated heterocycles. The molecule has 1 N–H and O–H groups in total. The van der Waals surface area contributed by atoms with Gasteiger partial charge in [0.05, 0.1) is 5.56 Å². The summed E-state index contributed by atoms with van der Waals surface area (Å²) in [7, 11) is 0. The van der Waals surface area contributed by atoms with Crippen molar-refractivity contribution in [2.24, 2.45) is 0 Å². The molecule has 2 nitrogen and oxygen atoms in total. The first-order chi connectivity index (χ1) is 9.77. The Kier molecular flexibility index (Phi) is 3.86. The number of aromatic carboxylic acids is 1. The summed E-state index contributed by atoms with van der Waals surface area (Å²) in [4.78, 5) is 11.1. The van der Waals surface area contributed by atoms with Gasteiger partial charge in [-0.25, -0.2) is 9.18 Å². The molecule has 0 amide bonds. The Balaban J connectivity index is 2.86. The molecule has 0 saturated carbocycles. The van der Waals surface area contributed by atoms with E-state index < -0.39 is 11.8 Å². The predicted octanol–water partition coefficient (Wildman–Crippen LogP) is 4.73. The molecular formula is C18H19FO2. The number of hydrogen-bond acceptors (Lipinski definition) is 1. The van der Waals surface area contributed by atoms with Crippen molar-refractivity contribution in [3.05, 3.63) is 57.4 Å². The molecule has 0 radical (unpaired) electrons. The van der Waals surface area contributed by atoms with E-state index in [4.69, 9.17) is 5.11 Å². The smallest absolute Gasteiger partial charge is 0.338 e. The average molecular weight is 286 g/mol. The van der Waals surface area contributed by atoms with Crippen LogP contribution in [0.25, 0.3) is 11.1 Å². The minimum absolute atomic E-state index is 0.290. The number of hydrogen-bond donors (Lipinski definition) is 1. The molecular weight excluding hydrogens is 267 g/mol. The summed E-state index contributed by atoms with van der Waals surface area (Å²) >= 11 is 0. The lowest BCUT2D eigenvalue weighted by atomic mass is 9.85. The number of carboxylic acid groups (broad SMARTS) is 1. The molecule has 0 spiro atoms. The van der Waals surface area contributed by atoms with Crippen LogP contribution in [0.15, 0.2) is 18.2 Å². The van der Waals surface area contributed by atoms with Crippen LogP contribution in [0.5, 0.6) is 0 Å². The summed E-state index contributed by atoms with van der Waals surface area (Å²) in [5.41, 5.74) is 6.30. The fourth-order valence-corrected chi connectivity index (χ4v) is 2.79. The fourth-order valence-electron chi connectivity index (χ4n) is 2.79. The molecule has 0 aliphatic carbocycles. The Hall–Kier alpha value is -2.16. The van der Waals surface area contributed by atoms with Gasteiger partial charge in [0.1, 0.15) is 5.82 Å². The summed E-state index contributed by atoms with van der Waals surface area (Å²) in [6, 6.07) is 4.52. The van der Waals surface area contributed by atoms with E-state index in [-0.39, 0.29) is 5.56 Å². The van der Waals surface area contributed by atoms with Crippen molar-refractivity contribution in [1.29, 1.82) is 0 Å². The lowest BCUT2D eigenvalue weighted by Gasteiger charge is -2.19. The highest BCUT2D eigenvalue weighted by Crippen LogP contribution is 2.36. The monoisotopic (exact) mass is 286 g/mol. The Morgan fingerprint density at radius 2 is 1.38 bits per heavy atom. The van der Waals surface area contributed by atoms with Gasteiger partial charge in [0.2, 0.25) is 0 Å². The van der Waals surface area contributed by atoms with Gasteiger partial charge in [-0.05, 0) is 74.1 Å². The zero-order valence-corrected chi connectivity index (χ0v) is 13.0. The molecule has 2 aromatic rings. The summed E-state index contributed by atoms with van der Waals surface area (Å²) in [6.07, 6.45) is 0. The zero-order valence-electron chi connectivity index (χ0n) is 13.0. The van der Waals surface area contributed by atoms with Crippen LogP contribution >= 0.6 is 0 Å². The predicted molar refractivity (Wildman–Crippen MR) is 82.5 cm³/mol. The van der Waals surface area contributed by atoms with Crippen LogP contribution < -0.4 is 0 Å². The highest BCUT2D eigenvalue weighted by atomic mass is 19.1. The molecule has 0 atom stereocenters. The van der Waals surface area contributed by atoms with Crippen molar-refractivity contribution >= 4 is 5.97 Å². The quantitative estimate of drug-likeness (QED) is 0.866. The number of carboxylic acids is 1. The molecule has 2 rings (SSSR count). The lowest BCUT2D eigenvalue weighted by Crippen LogP contribution is -2.05. The number of carbonyl (C=O) groups is 1. The van der Waals surface area contributed by atoms with E-state index in [1.54, 1.807) is 12.1 Å². The van der Waals surface area contributed by atoms with Gasteiger partial charge in [0, 0.05) is 5.56 Å². The molecule has 21 heavy (non-hydrogen) atoms. The Labute approximate surface area is 124 Å². The van der Waals surface area contributed by atoms with E-state index in [1.807, 2.05) is 27.7 Å². The van der Waals surface area contributed by atoms with E-state index in [0.717, 1.165) is 27.8 Å². The van der Waals surface area contributed by atoms with E-state index in [0.29, 0.717) is 5.56 Å². The molecule has 0 fully saturated rings. The van der Waals surface area contributed by atoms with Gasteiger partial charge in [0.15, 0.2) is 0 Å². The van der Waals surface area contributed by atoms with Crippen molar-refractivity contribution in [2.45, 2.75) is 34.6 Å². The van der Waals surface area contributed by atoms with E-state index in [2.05, 4.69) is 6.92 Å². The van der Waals surface area contributed by atoms with Gasteiger partial charge in [-0.1, -0.05) is 12.1 Å². The van der Waals surface area contributed by atoms with Crippen molar-refractivity contribution in [2.75, 3.05) is 0 Å². The standard InChI is InChI=1S/C18H19FO2/c1-9-10(2)12(4)16(13(5)11(9)3)14-7-6-8-15(17(14)19)18(20)21/h6-8H,1-5H3,(H,20,21). The van der Waals surface area contributed by atoms with Gasteiger partial charge < -0.3 is 5.11 Å². The second kappa shape index (κ2) is 5.32. The van der Waals surface area contributed by atoms with Crippen LogP contribution in [-0.4, -0.2) is 11.1 Å². The summed E-state index contributed by atoms with van der Waals surface area (Å²) < 4.78 is 14.6. The van der Waals surface area contributed by atoms with Gasteiger partial charge in [-0.3, -0.25) is 0 Å². The lowest BCUT2D eigenvalue weighted by molar-refractivity contribution is 0.0692. The van der Waals surface area contributed by atoms with Gasteiger partial charge in [-0.15, -0.1) is 0 Å². The molecule has 0 aromatic heterocycles. The van der Waals surface area contributed by atoms with Crippen LogP contribution in [-0.2, 0) is 0 Å². The SMILES string of the molecule is Cc1c(C)c(C)c(-c2cccc(C(=O)O)c2F)c(C)c1C. The minimum Gasteiger partial charge on any atom is -0.478 e. The normalized spacial score (nSPS) is 10.8. The number of rotatable bonds is 2. The van der Waals surface area contributed by atoms with E-state index in [1.165, 1.54) is 11.6 Å². The van der Waals surface area contributed by atoms with Crippen LogP contribution in [0.3, 0.4) is 0 Å².